The second-order valence-electron chi connectivity index (χ2n) is 16.7. The topological polar surface area (TPSA) is 177 Å². The number of imidazole rings is 2. The largest absolute Gasteiger partial charge is 0.465 e. The zero-order chi connectivity index (χ0) is 41.8. The molecule has 1 unspecified atom stereocenters. The fraction of sp³-hybridized carbons (Fsp3) is 0.500. The highest BCUT2D eigenvalue weighted by Gasteiger charge is 2.42. The van der Waals surface area contributed by atoms with E-state index >= 15 is 0 Å². The van der Waals surface area contributed by atoms with Crippen molar-refractivity contribution in [3.8, 4) is 33.6 Å². The molecule has 0 saturated carbocycles. The molecular formula is C44H58N8O6. The number of amides is 4. The van der Waals surface area contributed by atoms with Gasteiger partial charge < -0.3 is 34.9 Å². The lowest BCUT2D eigenvalue weighted by Crippen LogP contribution is -2.55. The van der Waals surface area contributed by atoms with E-state index in [0.717, 1.165) is 65.1 Å². The van der Waals surface area contributed by atoms with Gasteiger partial charge in [0.2, 0.25) is 11.8 Å². The van der Waals surface area contributed by atoms with E-state index in [1.165, 1.54) is 4.90 Å². The van der Waals surface area contributed by atoms with E-state index < -0.39 is 24.3 Å². The van der Waals surface area contributed by atoms with Crippen LogP contribution in [0.1, 0.15) is 105 Å². The number of H-pyrrole nitrogens is 2. The first-order valence-electron chi connectivity index (χ1n) is 20.6. The quantitative estimate of drug-likeness (QED) is 0.105. The van der Waals surface area contributed by atoms with E-state index in [4.69, 9.17) is 14.7 Å². The number of ether oxygens (including phenoxy) is 1. The number of carbonyl (C=O) groups excluding carboxylic acids is 3. The van der Waals surface area contributed by atoms with Crippen LogP contribution in [0, 0.1) is 11.8 Å². The van der Waals surface area contributed by atoms with Crippen LogP contribution in [0.5, 0.6) is 0 Å². The van der Waals surface area contributed by atoms with Gasteiger partial charge in [0, 0.05) is 42.7 Å². The number of hydrogen-bond acceptors (Lipinski definition) is 7. The second kappa shape index (κ2) is 17.9. The number of likely N-dealkylation sites (tertiary alicyclic amines) is 2. The van der Waals surface area contributed by atoms with Crippen molar-refractivity contribution >= 4 is 24.0 Å². The molecule has 2 aromatic heterocycles. The van der Waals surface area contributed by atoms with Crippen LogP contribution >= 0.6 is 0 Å². The maximum atomic E-state index is 13.9. The van der Waals surface area contributed by atoms with Gasteiger partial charge in [0.25, 0.3) is 0 Å². The Kier molecular flexibility index (Phi) is 12.9. The van der Waals surface area contributed by atoms with E-state index in [1.807, 2.05) is 69.3 Å². The normalized spacial score (nSPS) is 18.0. The van der Waals surface area contributed by atoms with Crippen LogP contribution in [-0.4, -0.2) is 101 Å². The monoisotopic (exact) mass is 794 g/mol. The minimum Gasteiger partial charge on any atom is -0.465 e. The molecule has 2 aliphatic heterocycles. The van der Waals surface area contributed by atoms with Crippen LogP contribution in [0.25, 0.3) is 33.6 Å². The molecule has 2 aromatic carbocycles. The molecule has 2 fully saturated rings. The maximum absolute atomic E-state index is 13.9. The molecule has 6 rings (SSSR count). The molecule has 0 aliphatic carbocycles. The summed E-state index contributed by atoms with van der Waals surface area (Å²) in [4.78, 5) is 73.5. The van der Waals surface area contributed by atoms with Crippen LogP contribution in [0.4, 0.5) is 9.59 Å². The molecule has 0 spiro atoms. The molecule has 310 valence electrons. The number of aromatic nitrogens is 4. The predicted molar refractivity (Wildman–Crippen MR) is 221 cm³/mol. The summed E-state index contributed by atoms with van der Waals surface area (Å²) in [6, 6.07) is 14.1. The Hall–Kier alpha value is -5.66. The van der Waals surface area contributed by atoms with Crippen LogP contribution in [0.2, 0.25) is 0 Å². The Morgan fingerprint density at radius 1 is 0.707 bits per heavy atom. The van der Waals surface area contributed by atoms with Gasteiger partial charge in [-0.3, -0.25) is 14.5 Å². The van der Waals surface area contributed by atoms with Gasteiger partial charge in [-0.25, -0.2) is 19.6 Å². The summed E-state index contributed by atoms with van der Waals surface area (Å²) in [5.74, 6) is 0.795. The molecule has 4 amide bonds. The van der Waals surface area contributed by atoms with Gasteiger partial charge in [-0.2, -0.15) is 0 Å². The Labute approximate surface area is 340 Å². The molecule has 4 aromatic rings. The third-order valence-corrected chi connectivity index (χ3v) is 11.1. The predicted octanol–water partition coefficient (Wildman–Crippen LogP) is 8.03. The van der Waals surface area contributed by atoms with E-state index in [-0.39, 0.29) is 47.9 Å². The molecule has 58 heavy (non-hydrogen) atoms. The first kappa shape index (κ1) is 42.0. The van der Waals surface area contributed by atoms with Crippen molar-refractivity contribution in [2.24, 2.45) is 11.8 Å². The fourth-order valence-electron chi connectivity index (χ4n) is 8.23. The Morgan fingerprint density at radius 3 is 1.55 bits per heavy atom. The van der Waals surface area contributed by atoms with Crippen molar-refractivity contribution < 1.29 is 29.0 Å². The Balaban J connectivity index is 1.11. The van der Waals surface area contributed by atoms with Crippen LogP contribution in [0.15, 0.2) is 60.9 Å². The SMILES string of the molecule is CC(C)OC(=O)N[C@H](C(=O)N1CCCC1c1nc(-c2ccc(-c3ccc(-c4c[nH]c([C@@H]5CCCN5C(=O)[C@H](C(C)C)N(C(=O)O)C(C)C)n4)cc3)cc2)c[nH]1)C(C)C. The highest BCUT2D eigenvalue weighted by molar-refractivity contribution is 5.87. The number of nitrogens with zero attached hydrogens (tertiary/aromatic N) is 5. The first-order chi connectivity index (χ1) is 27.6. The molecule has 2 saturated heterocycles. The molecule has 4 N–H and O–H groups in total. The highest BCUT2D eigenvalue weighted by atomic mass is 16.6. The van der Waals surface area contributed by atoms with Gasteiger partial charge in [-0.05, 0) is 76.3 Å². The van der Waals surface area contributed by atoms with Gasteiger partial charge in [0.1, 0.15) is 23.7 Å². The van der Waals surface area contributed by atoms with Crippen molar-refractivity contribution in [3.63, 3.8) is 0 Å². The lowest BCUT2D eigenvalue weighted by molar-refractivity contribution is -0.140. The van der Waals surface area contributed by atoms with Gasteiger partial charge in [-0.1, -0.05) is 76.2 Å². The van der Waals surface area contributed by atoms with E-state index in [0.29, 0.717) is 18.9 Å². The van der Waals surface area contributed by atoms with E-state index in [1.54, 1.807) is 32.6 Å². The standard InChI is InChI=1S/C44H58N8O6/c1-25(2)37(49-43(55)58-28(7)8)41(53)50-21-9-11-35(50)39-45-23-33(47-39)31-17-13-29(14-18-31)30-15-19-32(20-16-30)34-24-46-40(48-34)36-12-10-22-51(36)42(54)38(26(3)4)52(27(5)6)44(56)57/h13-20,23-28,35-38H,9-12,21-22H2,1-8H3,(H,45,47)(H,46,48)(H,49,55)(H,56,57)/t35?,36-,37-,38-/m0/s1. The maximum Gasteiger partial charge on any atom is 0.408 e. The van der Waals surface area contributed by atoms with Gasteiger partial charge in [0.05, 0.1) is 29.6 Å². The molecule has 14 nitrogen and oxygen atoms in total. The fourth-order valence-corrected chi connectivity index (χ4v) is 8.23. The molecule has 0 bridgehead atoms. The van der Waals surface area contributed by atoms with Gasteiger partial charge >= 0.3 is 12.2 Å². The average molecular weight is 795 g/mol. The van der Waals surface area contributed by atoms with Crippen molar-refractivity contribution in [2.75, 3.05) is 13.1 Å². The van der Waals surface area contributed by atoms with Crippen LogP contribution in [-0.2, 0) is 14.3 Å². The number of alkyl carbamates (subject to hydrolysis) is 1. The summed E-state index contributed by atoms with van der Waals surface area (Å²) in [6.45, 7) is 15.9. The second-order valence-corrected chi connectivity index (χ2v) is 16.7. The summed E-state index contributed by atoms with van der Waals surface area (Å²) >= 11 is 0. The molecule has 2 aliphatic rings. The minimum atomic E-state index is -1.09. The molecular weight excluding hydrogens is 737 g/mol. The Morgan fingerprint density at radius 2 is 1.16 bits per heavy atom. The summed E-state index contributed by atoms with van der Waals surface area (Å²) in [5, 5.41) is 12.7. The van der Waals surface area contributed by atoms with Crippen molar-refractivity contribution in [1.82, 2.24) is 40.0 Å². The van der Waals surface area contributed by atoms with Gasteiger partial charge in [-0.15, -0.1) is 0 Å². The van der Waals surface area contributed by atoms with Crippen LogP contribution < -0.4 is 5.32 Å². The summed E-state index contributed by atoms with van der Waals surface area (Å²) in [6.07, 6.45) is 4.94. The van der Waals surface area contributed by atoms with E-state index in [2.05, 4.69) is 39.6 Å². The molecule has 4 atom stereocenters. The minimum absolute atomic E-state index is 0.117. The summed E-state index contributed by atoms with van der Waals surface area (Å²) in [7, 11) is 0. The number of aromatic amines is 2. The van der Waals surface area contributed by atoms with Crippen LogP contribution in [0.3, 0.4) is 0 Å². The highest BCUT2D eigenvalue weighted by Crippen LogP contribution is 2.36. The van der Waals surface area contributed by atoms with Crippen molar-refractivity contribution in [2.45, 2.75) is 117 Å². The average Bonchev–Trinajstić information content (AvgIpc) is 4.01. The number of carbonyl (C=O) groups is 4. The molecule has 0 radical (unpaired) electrons. The van der Waals surface area contributed by atoms with E-state index in [9.17, 15) is 24.3 Å². The molecule has 4 heterocycles. The number of nitrogens with one attached hydrogen (secondary N) is 3. The van der Waals surface area contributed by atoms with Crippen molar-refractivity contribution in [3.05, 3.63) is 72.6 Å². The number of benzene rings is 2. The zero-order valence-corrected chi connectivity index (χ0v) is 34.9. The summed E-state index contributed by atoms with van der Waals surface area (Å²) in [5.41, 5.74) is 5.52. The smallest absolute Gasteiger partial charge is 0.408 e. The summed E-state index contributed by atoms with van der Waals surface area (Å²) < 4.78 is 5.25. The third-order valence-electron chi connectivity index (χ3n) is 11.1. The first-order valence-corrected chi connectivity index (χ1v) is 20.6. The van der Waals surface area contributed by atoms with Gasteiger partial charge in [0.15, 0.2) is 0 Å². The lowest BCUT2D eigenvalue weighted by Gasteiger charge is -2.37. The number of hydrogen-bond donors (Lipinski definition) is 4. The number of carboxylic acid groups (broad SMARTS) is 1. The zero-order valence-electron chi connectivity index (χ0n) is 34.9. The lowest BCUT2D eigenvalue weighted by atomic mass is 9.99. The Bertz CT molecular complexity index is 2050. The number of rotatable bonds is 13. The molecule has 14 heteroatoms. The third kappa shape index (κ3) is 9.05. The van der Waals surface area contributed by atoms with Crippen molar-refractivity contribution in [1.29, 1.82) is 0 Å².